The van der Waals surface area contributed by atoms with Gasteiger partial charge in [0.25, 0.3) is 5.69 Å². The Bertz CT molecular complexity index is 1200. The lowest BCUT2D eigenvalue weighted by Gasteiger charge is -2.12. The van der Waals surface area contributed by atoms with Crippen molar-refractivity contribution in [2.24, 2.45) is 4.99 Å². The minimum absolute atomic E-state index is 0.0897. The maximum Gasteiger partial charge on any atom is 0.344 e. The molecule has 0 bridgehead atoms. The summed E-state index contributed by atoms with van der Waals surface area (Å²) in [5.41, 5.74) is 0.741. The second-order valence-corrected chi connectivity index (χ2v) is 7.72. The molecule has 0 saturated heterocycles. The van der Waals surface area contributed by atoms with Gasteiger partial charge in [-0.1, -0.05) is 11.8 Å². The molecule has 10 nitrogen and oxygen atoms in total. The number of aliphatic hydroxyl groups excluding tert-OH is 1. The van der Waals surface area contributed by atoms with E-state index in [1.54, 1.807) is 25.1 Å². The first-order chi connectivity index (χ1) is 16.3. The number of carbonyl (C=O) groups is 1. The topological polar surface area (TPSA) is 130 Å². The van der Waals surface area contributed by atoms with E-state index in [1.807, 2.05) is 0 Å². The van der Waals surface area contributed by atoms with Gasteiger partial charge in [0, 0.05) is 23.8 Å². The molecule has 0 unspecified atom stereocenters. The molecular formula is C23H22N2O8S. The van der Waals surface area contributed by atoms with Crippen LogP contribution in [-0.2, 0) is 9.53 Å². The number of thioether (sulfide) groups is 1. The van der Waals surface area contributed by atoms with Crippen molar-refractivity contribution >= 4 is 40.2 Å². The van der Waals surface area contributed by atoms with Crippen LogP contribution in [0.3, 0.4) is 0 Å². The average molecular weight is 487 g/mol. The molecule has 1 aliphatic heterocycles. The van der Waals surface area contributed by atoms with Gasteiger partial charge in [0.15, 0.2) is 11.5 Å². The van der Waals surface area contributed by atoms with Gasteiger partial charge in [-0.3, -0.25) is 10.1 Å². The number of methoxy groups -OCH3 is 3. The summed E-state index contributed by atoms with van der Waals surface area (Å²) in [6, 6.07) is 8.82. The van der Waals surface area contributed by atoms with Crippen molar-refractivity contribution in [2.45, 2.75) is 6.92 Å². The van der Waals surface area contributed by atoms with Crippen LogP contribution in [0.5, 0.6) is 17.2 Å². The van der Waals surface area contributed by atoms with Crippen molar-refractivity contribution < 1.29 is 33.8 Å². The number of nitro groups is 1. The third-order valence-electron chi connectivity index (χ3n) is 4.68. The van der Waals surface area contributed by atoms with Gasteiger partial charge in [0.2, 0.25) is 0 Å². The van der Waals surface area contributed by atoms with Crippen LogP contribution < -0.4 is 14.2 Å². The summed E-state index contributed by atoms with van der Waals surface area (Å²) in [5.74, 6) is 0.328. The molecule has 0 saturated carbocycles. The molecule has 2 aromatic rings. The summed E-state index contributed by atoms with van der Waals surface area (Å²) in [6.45, 7) is 1.75. The molecule has 0 aromatic heterocycles. The normalized spacial score (nSPS) is 15.5. The molecule has 1 N–H and O–H groups in total. The van der Waals surface area contributed by atoms with Gasteiger partial charge >= 0.3 is 5.97 Å². The Morgan fingerprint density at radius 3 is 2.26 bits per heavy atom. The Morgan fingerprint density at radius 2 is 1.71 bits per heavy atom. The summed E-state index contributed by atoms with van der Waals surface area (Å²) in [4.78, 5) is 27.7. The van der Waals surface area contributed by atoms with Crippen molar-refractivity contribution in [3.63, 3.8) is 0 Å². The van der Waals surface area contributed by atoms with Crippen molar-refractivity contribution in [1.29, 1.82) is 0 Å². The second-order valence-electron chi connectivity index (χ2n) is 6.69. The standard InChI is InChI=1S/C23H22N2O8S/c1-5-33-23(27)20-21(26)19(11-13-10-17(31-3)18(32-4)12-16(13)30-2)34-22(20)24-14-6-8-15(9-7-14)25(28)29/h6-12,26H,5H2,1-4H3/b19-11-,24-22?. The highest BCUT2D eigenvalue weighted by molar-refractivity contribution is 8.18. The van der Waals surface area contributed by atoms with E-state index in [4.69, 9.17) is 18.9 Å². The number of hydrogen-bond donors (Lipinski definition) is 1. The highest BCUT2D eigenvalue weighted by atomic mass is 32.2. The van der Waals surface area contributed by atoms with E-state index >= 15 is 0 Å². The molecule has 2 aromatic carbocycles. The maximum atomic E-state index is 12.6. The quantitative estimate of drug-likeness (QED) is 0.317. The van der Waals surface area contributed by atoms with Gasteiger partial charge in [-0.15, -0.1) is 0 Å². The zero-order valence-electron chi connectivity index (χ0n) is 18.9. The SMILES string of the molecule is CCOC(=O)C1=C(O)/C(=C/c2cc(OC)c(OC)cc2OC)SC1=Nc1ccc([N+](=O)[O-])cc1. The van der Waals surface area contributed by atoms with Crippen LogP contribution in [0.4, 0.5) is 11.4 Å². The number of benzene rings is 2. The van der Waals surface area contributed by atoms with Crippen LogP contribution in [0, 0.1) is 10.1 Å². The Morgan fingerprint density at radius 1 is 1.09 bits per heavy atom. The number of ether oxygens (including phenoxy) is 4. The number of carbonyl (C=O) groups excluding carboxylic acids is 1. The molecule has 0 fully saturated rings. The molecule has 178 valence electrons. The summed E-state index contributed by atoms with van der Waals surface area (Å²) in [7, 11) is 4.49. The highest BCUT2D eigenvalue weighted by Crippen LogP contribution is 2.43. The van der Waals surface area contributed by atoms with Crippen LogP contribution in [0.25, 0.3) is 6.08 Å². The van der Waals surface area contributed by atoms with Gasteiger partial charge in [-0.05, 0) is 31.2 Å². The fraction of sp³-hybridized carbons (Fsp3) is 0.217. The van der Waals surface area contributed by atoms with Crippen LogP contribution in [0.15, 0.2) is 57.6 Å². The van der Waals surface area contributed by atoms with E-state index < -0.39 is 10.9 Å². The maximum absolute atomic E-state index is 12.6. The first kappa shape index (κ1) is 24.6. The van der Waals surface area contributed by atoms with Crippen molar-refractivity contribution in [1.82, 2.24) is 0 Å². The molecule has 11 heteroatoms. The van der Waals surface area contributed by atoms with Gasteiger partial charge in [0.05, 0.1) is 43.5 Å². The Balaban J connectivity index is 2.09. The Hall–Kier alpha value is -3.99. The number of nitrogens with zero attached hydrogens (tertiary/aromatic N) is 2. The van der Waals surface area contributed by atoms with Crippen LogP contribution in [-0.4, -0.2) is 49.0 Å². The Labute approximate surface area is 199 Å². The molecule has 34 heavy (non-hydrogen) atoms. The summed E-state index contributed by atoms with van der Waals surface area (Å²) in [6.07, 6.45) is 1.62. The zero-order chi connectivity index (χ0) is 24.8. The first-order valence-corrected chi connectivity index (χ1v) is 10.8. The average Bonchev–Trinajstić information content (AvgIpc) is 3.13. The fourth-order valence-corrected chi connectivity index (χ4v) is 4.09. The highest BCUT2D eigenvalue weighted by Gasteiger charge is 2.33. The van der Waals surface area contributed by atoms with Crippen molar-refractivity contribution in [3.8, 4) is 17.2 Å². The Kier molecular flexibility index (Phi) is 7.79. The predicted octanol–water partition coefficient (Wildman–Crippen LogP) is 4.81. The van der Waals surface area contributed by atoms with Gasteiger partial charge < -0.3 is 24.1 Å². The van der Waals surface area contributed by atoms with Gasteiger partial charge in [-0.25, -0.2) is 9.79 Å². The molecule has 0 spiro atoms. The molecule has 0 aliphatic carbocycles. The van der Waals surface area contributed by atoms with E-state index in [9.17, 15) is 20.0 Å². The molecular weight excluding hydrogens is 464 g/mol. The van der Waals surface area contributed by atoms with Crippen LogP contribution in [0.1, 0.15) is 12.5 Å². The van der Waals surface area contributed by atoms with E-state index in [0.29, 0.717) is 33.4 Å². The van der Waals surface area contributed by atoms with E-state index in [2.05, 4.69) is 4.99 Å². The zero-order valence-corrected chi connectivity index (χ0v) is 19.7. The summed E-state index contributed by atoms with van der Waals surface area (Å²) >= 11 is 1.05. The molecule has 0 radical (unpaired) electrons. The third kappa shape index (κ3) is 5.15. The minimum Gasteiger partial charge on any atom is -0.506 e. The number of aliphatic imine (C=N–C) groups is 1. The number of esters is 1. The number of nitro benzene ring substituents is 1. The van der Waals surface area contributed by atoms with Gasteiger partial charge in [0.1, 0.15) is 22.1 Å². The predicted molar refractivity (Wildman–Crippen MR) is 128 cm³/mol. The molecule has 1 aliphatic rings. The molecule has 0 atom stereocenters. The van der Waals surface area contributed by atoms with Crippen LogP contribution in [0.2, 0.25) is 0 Å². The molecule has 1 heterocycles. The lowest BCUT2D eigenvalue weighted by atomic mass is 10.1. The summed E-state index contributed by atoms with van der Waals surface area (Å²) in [5, 5.41) is 22.0. The van der Waals surface area contributed by atoms with Crippen molar-refractivity contribution in [2.75, 3.05) is 27.9 Å². The smallest absolute Gasteiger partial charge is 0.344 e. The fourth-order valence-electron chi connectivity index (χ4n) is 3.06. The monoisotopic (exact) mass is 486 g/mol. The number of non-ortho nitro benzene ring substituents is 1. The lowest BCUT2D eigenvalue weighted by molar-refractivity contribution is -0.384. The second kappa shape index (κ2) is 10.8. The van der Waals surface area contributed by atoms with E-state index in [1.165, 1.54) is 45.6 Å². The lowest BCUT2D eigenvalue weighted by Crippen LogP contribution is -2.12. The number of aliphatic hydroxyl groups is 1. The van der Waals surface area contributed by atoms with Crippen molar-refractivity contribution in [3.05, 3.63) is 68.3 Å². The third-order valence-corrected chi connectivity index (χ3v) is 5.70. The minimum atomic E-state index is -0.740. The largest absolute Gasteiger partial charge is 0.506 e. The molecule has 3 rings (SSSR count). The number of rotatable bonds is 8. The van der Waals surface area contributed by atoms with Gasteiger partial charge in [-0.2, -0.15) is 0 Å². The van der Waals surface area contributed by atoms with E-state index in [-0.39, 0.29) is 28.7 Å². The first-order valence-electron chi connectivity index (χ1n) is 9.96. The number of hydrogen-bond acceptors (Lipinski definition) is 10. The van der Waals surface area contributed by atoms with E-state index in [0.717, 1.165) is 11.8 Å². The van der Waals surface area contributed by atoms with Crippen LogP contribution >= 0.6 is 11.8 Å². The molecule has 0 amide bonds. The summed E-state index contributed by atoms with van der Waals surface area (Å²) < 4.78 is 21.2.